The molecule has 2 aromatic rings. The maximum atomic E-state index is 5.43. The summed E-state index contributed by atoms with van der Waals surface area (Å²) >= 11 is 0. The van der Waals surface area contributed by atoms with Gasteiger partial charge in [0, 0.05) is 32.8 Å². The first-order valence-electron chi connectivity index (χ1n) is 7.05. The van der Waals surface area contributed by atoms with Gasteiger partial charge in [0.25, 0.3) is 0 Å². The summed E-state index contributed by atoms with van der Waals surface area (Å²) in [4.78, 5) is 18.6. The molecule has 7 heteroatoms. The standard InChI is InChI=1S/C13H20N6O/c1-3-14-13-17-11-10(15-8-16-11)12(18-13)19(2)9-4-6-20-7-5-9/h8-9H,3-7H2,1-2H3,(H2,14,15,16,17,18). The third-order valence-corrected chi connectivity index (χ3v) is 3.67. The first-order chi connectivity index (χ1) is 9.79. The average Bonchev–Trinajstić information content (AvgIpc) is 2.95. The highest BCUT2D eigenvalue weighted by Crippen LogP contribution is 2.26. The number of aromatic nitrogens is 4. The van der Waals surface area contributed by atoms with Crippen LogP contribution in [-0.2, 0) is 4.74 Å². The van der Waals surface area contributed by atoms with Gasteiger partial charge in [0.1, 0.15) is 5.52 Å². The summed E-state index contributed by atoms with van der Waals surface area (Å²) in [6.07, 6.45) is 3.70. The highest BCUT2D eigenvalue weighted by atomic mass is 16.5. The monoisotopic (exact) mass is 276 g/mol. The van der Waals surface area contributed by atoms with E-state index in [1.807, 2.05) is 6.92 Å². The number of aromatic amines is 1. The van der Waals surface area contributed by atoms with Crippen LogP contribution in [0.4, 0.5) is 11.8 Å². The summed E-state index contributed by atoms with van der Waals surface area (Å²) in [6, 6.07) is 0.444. The molecule has 0 amide bonds. The van der Waals surface area contributed by atoms with Crippen LogP contribution in [0, 0.1) is 0 Å². The molecule has 2 N–H and O–H groups in total. The molecular formula is C13H20N6O. The third kappa shape index (κ3) is 2.40. The summed E-state index contributed by atoms with van der Waals surface area (Å²) < 4.78 is 5.43. The van der Waals surface area contributed by atoms with Crippen molar-refractivity contribution in [1.29, 1.82) is 0 Å². The Hall–Kier alpha value is -1.89. The van der Waals surface area contributed by atoms with Crippen LogP contribution in [-0.4, -0.2) is 52.8 Å². The lowest BCUT2D eigenvalue weighted by molar-refractivity contribution is 0.0854. The van der Waals surface area contributed by atoms with Gasteiger partial charge in [0.2, 0.25) is 5.95 Å². The summed E-state index contributed by atoms with van der Waals surface area (Å²) in [6.45, 7) is 4.44. The van der Waals surface area contributed by atoms with Gasteiger partial charge in [-0.1, -0.05) is 0 Å². The smallest absolute Gasteiger partial charge is 0.226 e. The molecule has 0 spiro atoms. The molecule has 20 heavy (non-hydrogen) atoms. The van der Waals surface area contributed by atoms with Gasteiger partial charge < -0.3 is 19.9 Å². The van der Waals surface area contributed by atoms with Crippen LogP contribution in [0.5, 0.6) is 0 Å². The second kappa shape index (κ2) is 5.62. The van der Waals surface area contributed by atoms with Crippen molar-refractivity contribution in [3.63, 3.8) is 0 Å². The molecule has 0 atom stereocenters. The zero-order valence-electron chi connectivity index (χ0n) is 11.9. The second-order valence-electron chi connectivity index (χ2n) is 4.96. The van der Waals surface area contributed by atoms with E-state index in [-0.39, 0.29) is 0 Å². The van der Waals surface area contributed by atoms with E-state index in [1.54, 1.807) is 6.33 Å². The van der Waals surface area contributed by atoms with Crippen molar-refractivity contribution >= 4 is 22.9 Å². The lowest BCUT2D eigenvalue weighted by Crippen LogP contribution is -2.37. The van der Waals surface area contributed by atoms with Crippen molar-refractivity contribution in [2.75, 3.05) is 37.0 Å². The molecule has 1 aliphatic rings. The summed E-state index contributed by atoms with van der Waals surface area (Å²) in [5.74, 6) is 1.52. The number of fused-ring (bicyclic) bond motifs is 1. The van der Waals surface area contributed by atoms with E-state index in [4.69, 9.17) is 4.74 Å². The molecule has 2 aromatic heterocycles. The van der Waals surface area contributed by atoms with Crippen LogP contribution in [0.15, 0.2) is 6.33 Å². The molecule has 0 radical (unpaired) electrons. The van der Waals surface area contributed by atoms with Gasteiger partial charge in [0.15, 0.2) is 11.5 Å². The molecule has 1 saturated heterocycles. The van der Waals surface area contributed by atoms with E-state index in [0.29, 0.717) is 17.6 Å². The zero-order valence-corrected chi connectivity index (χ0v) is 11.9. The zero-order chi connectivity index (χ0) is 13.9. The topological polar surface area (TPSA) is 79.0 Å². The van der Waals surface area contributed by atoms with Crippen molar-refractivity contribution in [3.05, 3.63) is 6.33 Å². The van der Waals surface area contributed by atoms with Crippen molar-refractivity contribution < 1.29 is 4.74 Å². The molecule has 0 aromatic carbocycles. The SMILES string of the molecule is CCNc1nc(N(C)C2CCOCC2)c2[nH]cnc2n1. The lowest BCUT2D eigenvalue weighted by atomic mass is 10.1. The fraction of sp³-hybridized carbons (Fsp3) is 0.615. The molecule has 3 rings (SSSR count). The molecule has 108 valence electrons. The van der Waals surface area contributed by atoms with E-state index in [2.05, 4.69) is 37.2 Å². The molecular weight excluding hydrogens is 256 g/mol. The van der Waals surface area contributed by atoms with E-state index < -0.39 is 0 Å². The summed E-state index contributed by atoms with van der Waals surface area (Å²) in [5.41, 5.74) is 1.59. The minimum absolute atomic E-state index is 0.444. The number of H-pyrrole nitrogens is 1. The first kappa shape index (κ1) is 13.1. The van der Waals surface area contributed by atoms with Crippen LogP contribution in [0.25, 0.3) is 11.2 Å². The Morgan fingerprint density at radius 2 is 2.20 bits per heavy atom. The predicted octanol–water partition coefficient (Wildman–Crippen LogP) is 1.40. The van der Waals surface area contributed by atoms with Crippen LogP contribution in [0.2, 0.25) is 0 Å². The molecule has 0 unspecified atom stereocenters. The van der Waals surface area contributed by atoms with Gasteiger partial charge >= 0.3 is 0 Å². The van der Waals surface area contributed by atoms with Gasteiger partial charge in [-0.25, -0.2) is 4.98 Å². The fourth-order valence-electron chi connectivity index (χ4n) is 2.56. The molecule has 1 fully saturated rings. The van der Waals surface area contributed by atoms with E-state index in [0.717, 1.165) is 43.9 Å². The van der Waals surface area contributed by atoms with Gasteiger partial charge in [-0.3, -0.25) is 0 Å². The fourth-order valence-corrected chi connectivity index (χ4v) is 2.56. The van der Waals surface area contributed by atoms with Gasteiger partial charge in [-0.2, -0.15) is 9.97 Å². The Labute approximate surface area is 117 Å². The largest absolute Gasteiger partial charge is 0.381 e. The quantitative estimate of drug-likeness (QED) is 0.879. The van der Waals surface area contributed by atoms with Crippen LogP contribution < -0.4 is 10.2 Å². The molecule has 3 heterocycles. The predicted molar refractivity (Wildman–Crippen MR) is 78.1 cm³/mol. The Balaban J connectivity index is 1.97. The Morgan fingerprint density at radius 1 is 1.40 bits per heavy atom. The number of ether oxygens (including phenoxy) is 1. The van der Waals surface area contributed by atoms with Gasteiger partial charge in [-0.15, -0.1) is 0 Å². The van der Waals surface area contributed by atoms with E-state index in [1.165, 1.54) is 0 Å². The molecule has 1 aliphatic heterocycles. The first-order valence-corrected chi connectivity index (χ1v) is 7.05. The average molecular weight is 276 g/mol. The highest BCUT2D eigenvalue weighted by molar-refractivity contribution is 5.84. The number of nitrogens with one attached hydrogen (secondary N) is 2. The van der Waals surface area contributed by atoms with Crippen molar-refractivity contribution in [3.8, 4) is 0 Å². The van der Waals surface area contributed by atoms with Crippen LogP contribution in [0.1, 0.15) is 19.8 Å². The van der Waals surface area contributed by atoms with Crippen molar-refractivity contribution in [1.82, 2.24) is 19.9 Å². The maximum absolute atomic E-state index is 5.43. The van der Waals surface area contributed by atoms with Crippen molar-refractivity contribution in [2.24, 2.45) is 0 Å². The number of hydrogen-bond donors (Lipinski definition) is 2. The van der Waals surface area contributed by atoms with Crippen LogP contribution in [0.3, 0.4) is 0 Å². The normalized spacial score (nSPS) is 16.5. The molecule has 0 saturated carbocycles. The number of nitrogens with zero attached hydrogens (tertiary/aromatic N) is 4. The van der Waals surface area contributed by atoms with Gasteiger partial charge in [0.05, 0.1) is 6.33 Å². The van der Waals surface area contributed by atoms with E-state index >= 15 is 0 Å². The summed E-state index contributed by atoms with van der Waals surface area (Å²) in [5, 5.41) is 3.16. The summed E-state index contributed by atoms with van der Waals surface area (Å²) in [7, 11) is 2.08. The number of rotatable bonds is 4. The van der Waals surface area contributed by atoms with Gasteiger partial charge in [-0.05, 0) is 19.8 Å². The minimum Gasteiger partial charge on any atom is -0.381 e. The Morgan fingerprint density at radius 3 is 2.95 bits per heavy atom. The maximum Gasteiger partial charge on any atom is 0.226 e. The molecule has 0 bridgehead atoms. The number of anilines is 2. The highest BCUT2D eigenvalue weighted by Gasteiger charge is 2.22. The Bertz CT molecular complexity index is 577. The molecule has 7 nitrogen and oxygen atoms in total. The van der Waals surface area contributed by atoms with E-state index in [9.17, 15) is 0 Å². The number of hydrogen-bond acceptors (Lipinski definition) is 6. The second-order valence-corrected chi connectivity index (χ2v) is 4.96. The third-order valence-electron chi connectivity index (χ3n) is 3.67. The molecule has 0 aliphatic carbocycles. The lowest BCUT2D eigenvalue weighted by Gasteiger charge is -2.32. The number of imidazole rings is 1. The minimum atomic E-state index is 0.444. The van der Waals surface area contributed by atoms with Crippen molar-refractivity contribution in [2.45, 2.75) is 25.8 Å². The van der Waals surface area contributed by atoms with Crippen LogP contribution >= 0.6 is 0 Å². The Kier molecular flexibility index (Phi) is 3.68.